The molecule has 0 aliphatic rings. The summed E-state index contributed by atoms with van der Waals surface area (Å²) < 4.78 is 24.1. The van der Waals surface area contributed by atoms with Crippen LogP contribution in [0.1, 0.15) is 22.5 Å². The second-order valence-electron chi connectivity index (χ2n) is 2.34. The number of alkyl halides is 2. The average Bonchev–Trinajstić information content (AvgIpc) is 2.16. The Bertz CT molecular complexity index is 381. The molecule has 1 aromatic heterocycles. The molecule has 0 bridgehead atoms. The Hall–Kier alpha value is -1.92. The quantitative estimate of drug-likeness (QED) is 0.425. The number of hydrogen-bond acceptors (Lipinski definition) is 4. The highest BCUT2D eigenvalue weighted by atomic mass is 19.3. The zero-order valence-electron chi connectivity index (χ0n) is 6.68. The Morgan fingerprint density at radius 2 is 2.21 bits per heavy atom. The van der Waals surface area contributed by atoms with Gasteiger partial charge in [0, 0.05) is 12.3 Å². The lowest BCUT2D eigenvalue weighted by Crippen LogP contribution is -1.99. The number of nitro groups is 1. The zero-order chi connectivity index (χ0) is 10.7. The average molecular weight is 202 g/mol. The fraction of sp³-hybridized carbons (Fsp3) is 0.143. The van der Waals surface area contributed by atoms with Crippen molar-refractivity contribution in [1.82, 2.24) is 4.98 Å². The van der Waals surface area contributed by atoms with Gasteiger partial charge in [-0.15, -0.1) is 0 Å². The molecule has 0 fully saturated rings. The molecule has 5 nitrogen and oxygen atoms in total. The van der Waals surface area contributed by atoms with Crippen LogP contribution < -0.4 is 0 Å². The van der Waals surface area contributed by atoms with Gasteiger partial charge < -0.3 is 0 Å². The smallest absolute Gasteiger partial charge is 0.283 e. The molecule has 0 saturated heterocycles. The summed E-state index contributed by atoms with van der Waals surface area (Å²) in [7, 11) is 0. The van der Waals surface area contributed by atoms with E-state index in [2.05, 4.69) is 4.98 Å². The van der Waals surface area contributed by atoms with E-state index in [4.69, 9.17) is 0 Å². The number of aromatic nitrogens is 1. The fourth-order valence-corrected chi connectivity index (χ4v) is 0.839. The van der Waals surface area contributed by atoms with E-state index in [9.17, 15) is 23.7 Å². The van der Waals surface area contributed by atoms with Crippen molar-refractivity contribution >= 4 is 12.0 Å². The molecule has 1 heterocycles. The van der Waals surface area contributed by atoms with Crippen LogP contribution in [-0.4, -0.2) is 16.2 Å². The van der Waals surface area contributed by atoms with Gasteiger partial charge in [-0.3, -0.25) is 19.9 Å². The summed E-state index contributed by atoms with van der Waals surface area (Å²) in [5.41, 5.74) is -1.70. The number of halogens is 2. The van der Waals surface area contributed by atoms with Crippen molar-refractivity contribution < 1.29 is 18.5 Å². The lowest BCUT2D eigenvalue weighted by molar-refractivity contribution is -0.385. The van der Waals surface area contributed by atoms with E-state index in [-0.39, 0.29) is 11.8 Å². The van der Waals surface area contributed by atoms with Crippen molar-refractivity contribution in [2.24, 2.45) is 0 Å². The van der Waals surface area contributed by atoms with E-state index < -0.39 is 22.7 Å². The second-order valence-corrected chi connectivity index (χ2v) is 2.34. The molecule has 1 aromatic rings. The predicted molar refractivity (Wildman–Crippen MR) is 41.2 cm³/mol. The van der Waals surface area contributed by atoms with Gasteiger partial charge in [-0.25, -0.2) is 8.78 Å². The van der Waals surface area contributed by atoms with Gasteiger partial charge >= 0.3 is 0 Å². The first-order valence-electron chi connectivity index (χ1n) is 3.44. The molecule has 0 N–H and O–H groups in total. The third-order valence-electron chi connectivity index (χ3n) is 1.48. The minimum atomic E-state index is -2.89. The summed E-state index contributed by atoms with van der Waals surface area (Å²) in [6.07, 6.45) is -1.94. The lowest BCUT2D eigenvalue weighted by atomic mass is 10.2. The Morgan fingerprint density at radius 3 is 2.64 bits per heavy atom. The van der Waals surface area contributed by atoms with Crippen LogP contribution in [0.5, 0.6) is 0 Å². The van der Waals surface area contributed by atoms with E-state index in [1.165, 1.54) is 0 Å². The Labute approximate surface area is 76.5 Å². The topological polar surface area (TPSA) is 73.1 Å². The zero-order valence-corrected chi connectivity index (χ0v) is 6.68. The molecular weight excluding hydrogens is 198 g/mol. The minimum absolute atomic E-state index is 0.195. The monoisotopic (exact) mass is 202 g/mol. The van der Waals surface area contributed by atoms with Crippen LogP contribution in [0.15, 0.2) is 12.3 Å². The highest BCUT2D eigenvalue weighted by Crippen LogP contribution is 2.23. The molecule has 0 aromatic carbocycles. The first-order chi connectivity index (χ1) is 6.56. The Morgan fingerprint density at radius 1 is 1.57 bits per heavy atom. The molecule has 0 spiro atoms. The Kier molecular flexibility index (Phi) is 2.80. The summed E-state index contributed by atoms with van der Waals surface area (Å²) in [6, 6.07) is 0.592. The number of pyridine rings is 1. The van der Waals surface area contributed by atoms with Gasteiger partial charge in [-0.1, -0.05) is 0 Å². The molecule has 1 rings (SSSR count). The maximum atomic E-state index is 12.1. The number of hydrogen-bond donors (Lipinski definition) is 0. The lowest BCUT2D eigenvalue weighted by Gasteiger charge is -1.99. The Balaban J connectivity index is 3.27. The van der Waals surface area contributed by atoms with Crippen LogP contribution in [0, 0.1) is 10.1 Å². The van der Waals surface area contributed by atoms with Gasteiger partial charge in [-0.2, -0.15) is 0 Å². The van der Waals surface area contributed by atoms with E-state index in [0.29, 0.717) is 6.07 Å². The fourth-order valence-electron chi connectivity index (χ4n) is 0.839. The molecular formula is C7H4F2N2O3. The molecule has 14 heavy (non-hydrogen) atoms. The van der Waals surface area contributed by atoms with Crippen molar-refractivity contribution in [3.8, 4) is 0 Å². The highest BCUT2D eigenvalue weighted by Gasteiger charge is 2.18. The van der Waals surface area contributed by atoms with Gasteiger partial charge in [0.25, 0.3) is 12.1 Å². The number of aldehydes is 1. The molecule has 0 unspecified atom stereocenters. The maximum absolute atomic E-state index is 12.1. The van der Waals surface area contributed by atoms with Crippen molar-refractivity contribution in [2.75, 3.05) is 0 Å². The van der Waals surface area contributed by atoms with Gasteiger partial charge in [-0.05, 0) is 0 Å². The van der Waals surface area contributed by atoms with Crippen molar-refractivity contribution in [2.45, 2.75) is 6.43 Å². The summed E-state index contributed by atoms with van der Waals surface area (Å²) in [5, 5.41) is 10.3. The summed E-state index contributed by atoms with van der Waals surface area (Å²) >= 11 is 0. The third-order valence-corrected chi connectivity index (χ3v) is 1.48. The standard InChI is InChI=1S/C7H4F2N2O3/c8-7(9)5-1-6(11(13)14)4(3-12)2-10-5/h1-3,7H. The molecule has 74 valence electrons. The van der Waals surface area contributed by atoms with E-state index in [1.807, 2.05) is 0 Å². The van der Waals surface area contributed by atoms with E-state index in [1.54, 1.807) is 0 Å². The van der Waals surface area contributed by atoms with Crippen LogP contribution in [0.3, 0.4) is 0 Å². The van der Waals surface area contributed by atoms with Crippen molar-refractivity contribution in [3.63, 3.8) is 0 Å². The molecule has 0 saturated carbocycles. The van der Waals surface area contributed by atoms with Gasteiger partial charge in [0.15, 0.2) is 6.29 Å². The van der Waals surface area contributed by atoms with Crippen LogP contribution in [0.4, 0.5) is 14.5 Å². The predicted octanol–water partition coefficient (Wildman–Crippen LogP) is 1.74. The number of rotatable bonds is 3. The van der Waals surface area contributed by atoms with E-state index >= 15 is 0 Å². The second kappa shape index (κ2) is 3.86. The van der Waals surface area contributed by atoms with Crippen LogP contribution in [0.25, 0.3) is 0 Å². The van der Waals surface area contributed by atoms with Crippen LogP contribution in [-0.2, 0) is 0 Å². The molecule has 0 atom stereocenters. The van der Waals surface area contributed by atoms with Crippen molar-refractivity contribution in [1.29, 1.82) is 0 Å². The first kappa shape index (κ1) is 10.2. The first-order valence-corrected chi connectivity index (χ1v) is 3.44. The van der Waals surface area contributed by atoms with Gasteiger partial charge in [0.2, 0.25) is 0 Å². The number of carbonyl (C=O) groups excluding carboxylic acids is 1. The van der Waals surface area contributed by atoms with Crippen LogP contribution >= 0.6 is 0 Å². The molecule has 0 aliphatic carbocycles. The molecule has 0 amide bonds. The normalized spacial score (nSPS) is 10.2. The summed E-state index contributed by atoms with van der Waals surface area (Å²) in [4.78, 5) is 22.9. The SMILES string of the molecule is O=Cc1cnc(C(F)F)cc1[N+](=O)[O-]. The largest absolute Gasteiger partial charge is 0.298 e. The van der Waals surface area contributed by atoms with Gasteiger partial charge in [0.05, 0.1) is 4.92 Å². The third kappa shape index (κ3) is 1.87. The highest BCUT2D eigenvalue weighted by molar-refractivity contribution is 5.80. The van der Waals surface area contributed by atoms with Gasteiger partial charge in [0.1, 0.15) is 11.3 Å². The molecule has 0 aliphatic heterocycles. The molecule has 7 heteroatoms. The number of nitrogens with zero attached hydrogens (tertiary/aromatic N) is 2. The van der Waals surface area contributed by atoms with E-state index in [0.717, 1.165) is 6.20 Å². The minimum Gasteiger partial charge on any atom is -0.298 e. The summed E-state index contributed by atoms with van der Waals surface area (Å²) in [6.45, 7) is 0. The van der Waals surface area contributed by atoms with Crippen molar-refractivity contribution in [3.05, 3.63) is 33.6 Å². The summed E-state index contributed by atoms with van der Waals surface area (Å²) in [5.74, 6) is 0. The van der Waals surface area contributed by atoms with Crippen LogP contribution in [0.2, 0.25) is 0 Å². The maximum Gasteiger partial charge on any atom is 0.283 e. The molecule has 0 radical (unpaired) electrons. The number of carbonyl (C=O) groups is 1.